The van der Waals surface area contributed by atoms with Gasteiger partial charge in [0.15, 0.2) is 0 Å². The van der Waals surface area contributed by atoms with E-state index in [9.17, 15) is 19.5 Å². The standard InChI is InChI=1S/C17H17NO6S2/c1-2-12(16(22)23)18-15(21)13(26-17(18)25)9-10-4-3-5-11(8-10)24-7-6-14(19)20/h3-5,8-9,12H,2,6-7H2,1H3,(H,19,20)(H,22,23)/b13-9-. The first-order chi connectivity index (χ1) is 12.3. The number of rotatable bonds is 8. The number of hydrogen-bond acceptors (Lipinski definition) is 6. The van der Waals surface area contributed by atoms with Crippen LogP contribution in [-0.2, 0) is 14.4 Å². The normalized spacial score (nSPS) is 16.8. The molecule has 1 aliphatic heterocycles. The van der Waals surface area contributed by atoms with Crippen LogP contribution in [0.3, 0.4) is 0 Å². The molecule has 1 fully saturated rings. The lowest BCUT2D eigenvalue weighted by atomic mass is 10.1. The molecule has 1 aromatic carbocycles. The maximum atomic E-state index is 12.5. The number of carbonyl (C=O) groups excluding carboxylic acids is 1. The molecule has 0 radical (unpaired) electrons. The van der Waals surface area contributed by atoms with Crippen molar-refractivity contribution in [3.63, 3.8) is 0 Å². The number of amides is 1. The van der Waals surface area contributed by atoms with E-state index in [1.54, 1.807) is 37.3 Å². The number of aliphatic carboxylic acids is 2. The zero-order chi connectivity index (χ0) is 19.3. The van der Waals surface area contributed by atoms with E-state index in [0.717, 1.165) is 16.7 Å². The number of carboxylic acid groups (broad SMARTS) is 2. The maximum Gasteiger partial charge on any atom is 0.326 e. The summed E-state index contributed by atoms with van der Waals surface area (Å²) in [7, 11) is 0. The average molecular weight is 395 g/mol. The highest BCUT2D eigenvalue weighted by atomic mass is 32.2. The number of hydrogen-bond donors (Lipinski definition) is 2. The molecular formula is C17H17NO6S2. The van der Waals surface area contributed by atoms with Gasteiger partial charge in [-0.15, -0.1) is 0 Å². The van der Waals surface area contributed by atoms with E-state index in [-0.39, 0.29) is 23.8 Å². The molecule has 1 aliphatic rings. The molecule has 1 heterocycles. The number of carboxylic acids is 2. The summed E-state index contributed by atoms with van der Waals surface area (Å²) < 4.78 is 5.57. The fraction of sp³-hybridized carbons (Fsp3) is 0.294. The van der Waals surface area contributed by atoms with Crippen molar-refractivity contribution >= 4 is 52.2 Å². The Hall–Kier alpha value is -2.39. The third kappa shape index (κ3) is 4.83. The summed E-state index contributed by atoms with van der Waals surface area (Å²) in [6.07, 6.45) is 1.75. The van der Waals surface area contributed by atoms with Crippen molar-refractivity contribution in [3.8, 4) is 5.75 Å². The van der Waals surface area contributed by atoms with Crippen LogP contribution in [0.5, 0.6) is 5.75 Å². The van der Waals surface area contributed by atoms with E-state index in [1.165, 1.54) is 0 Å². The lowest BCUT2D eigenvalue weighted by Crippen LogP contribution is -2.43. The van der Waals surface area contributed by atoms with Gasteiger partial charge in [-0.1, -0.05) is 43.0 Å². The van der Waals surface area contributed by atoms with Crippen molar-refractivity contribution in [1.82, 2.24) is 4.90 Å². The first kappa shape index (κ1) is 19.9. The summed E-state index contributed by atoms with van der Waals surface area (Å²) in [5, 5.41) is 17.9. The van der Waals surface area contributed by atoms with Gasteiger partial charge in [-0.2, -0.15) is 0 Å². The van der Waals surface area contributed by atoms with Crippen LogP contribution in [0.4, 0.5) is 0 Å². The predicted octanol–water partition coefficient (Wildman–Crippen LogP) is 2.60. The Kier molecular flexibility index (Phi) is 6.76. The van der Waals surface area contributed by atoms with Gasteiger partial charge in [-0.05, 0) is 30.2 Å². The minimum atomic E-state index is -1.10. The van der Waals surface area contributed by atoms with Gasteiger partial charge in [0.1, 0.15) is 16.1 Å². The second-order valence-electron chi connectivity index (χ2n) is 5.38. The largest absolute Gasteiger partial charge is 0.493 e. The number of ether oxygens (including phenoxy) is 1. The summed E-state index contributed by atoms with van der Waals surface area (Å²) >= 11 is 6.22. The molecule has 0 bridgehead atoms. The molecule has 2 N–H and O–H groups in total. The monoisotopic (exact) mass is 395 g/mol. The van der Waals surface area contributed by atoms with Crippen LogP contribution in [0.25, 0.3) is 6.08 Å². The molecule has 1 aromatic rings. The van der Waals surface area contributed by atoms with Crippen molar-refractivity contribution in [1.29, 1.82) is 0 Å². The molecule has 1 amide bonds. The van der Waals surface area contributed by atoms with Crippen LogP contribution in [0.1, 0.15) is 25.3 Å². The lowest BCUT2D eigenvalue weighted by molar-refractivity contribution is -0.145. The van der Waals surface area contributed by atoms with Gasteiger partial charge < -0.3 is 14.9 Å². The molecule has 0 saturated carbocycles. The Bertz CT molecular complexity index is 776. The van der Waals surface area contributed by atoms with Gasteiger partial charge in [0, 0.05) is 0 Å². The third-order valence-corrected chi connectivity index (χ3v) is 4.88. The highest BCUT2D eigenvalue weighted by Crippen LogP contribution is 2.35. The Morgan fingerprint density at radius 1 is 1.38 bits per heavy atom. The minimum absolute atomic E-state index is 0.0394. The SMILES string of the molecule is CCC(C(=O)O)N1C(=O)/C(=C/c2cccc(OCCC(=O)O)c2)SC1=S. The fourth-order valence-corrected chi connectivity index (χ4v) is 3.67. The molecule has 1 saturated heterocycles. The number of carbonyl (C=O) groups is 3. The third-order valence-electron chi connectivity index (χ3n) is 3.55. The topological polar surface area (TPSA) is 104 Å². The molecule has 7 nitrogen and oxygen atoms in total. The minimum Gasteiger partial charge on any atom is -0.493 e. The van der Waals surface area contributed by atoms with E-state index in [0.29, 0.717) is 16.2 Å². The highest BCUT2D eigenvalue weighted by molar-refractivity contribution is 8.26. The van der Waals surface area contributed by atoms with Crippen LogP contribution in [0.2, 0.25) is 0 Å². The Labute approximate surface area is 159 Å². The van der Waals surface area contributed by atoms with Gasteiger partial charge in [-0.3, -0.25) is 14.5 Å². The van der Waals surface area contributed by atoms with Crippen molar-refractivity contribution in [2.45, 2.75) is 25.8 Å². The van der Waals surface area contributed by atoms with Crippen LogP contribution in [0.15, 0.2) is 29.2 Å². The summed E-state index contributed by atoms with van der Waals surface area (Å²) in [5.74, 6) is -2.01. The molecular weight excluding hydrogens is 378 g/mol. The molecule has 0 aliphatic carbocycles. The quantitative estimate of drug-likeness (QED) is 0.511. The molecule has 2 rings (SSSR count). The van der Waals surface area contributed by atoms with Crippen LogP contribution in [0, 0.1) is 0 Å². The maximum absolute atomic E-state index is 12.5. The Morgan fingerprint density at radius 3 is 2.73 bits per heavy atom. The fourth-order valence-electron chi connectivity index (χ4n) is 2.32. The molecule has 1 unspecified atom stereocenters. The summed E-state index contributed by atoms with van der Waals surface area (Å²) in [4.78, 5) is 35.9. The number of nitrogens with zero attached hydrogens (tertiary/aromatic N) is 1. The van der Waals surface area contributed by atoms with Gasteiger partial charge >= 0.3 is 11.9 Å². The molecule has 1 atom stereocenters. The first-order valence-electron chi connectivity index (χ1n) is 7.78. The van der Waals surface area contributed by atoms with Crippen molar-refractivity contribution in [3.05, 3.63) is 34.7 Å². The molecule has 0 spiro atoms. The van der Waals surface area contributed by atoms with E-state index >= 15 is 0 Å². The van der Waals surface area contributed by atoms with Gasteiger partial charge in [0.25, 0.3) is 5.91 Å². The second kappa shape index (κ2) is 8.81. The van der Waals surface area contributed by atoms with Gasteiger partial charge in [-0.25, -0.2) is 4.79 Å². The second-order valence-corrected chi connectivity index (χ2v) is 7.05. The van der Waals surface area contributed by atoms with Crippen molar-refractivity contribution in [2.24, 2.45) is 0 Å². The summed E-state index contributed by atoms with van der Waals surface area (Å²) in [5.41, 5.74) is 0.668. The highest BCUT2D eigenvalue weighted by Gasteiger charge is 2.39. The summed E-state index contributed by atoms with van der Waals surface area (Å²) in [6.45, 7) is 1.72. The van der Waals surface area contributed by atoms with Crippen LogP contribution < -0.4 is 4.74 Å². The van der Waals surface area contributed by atoms with E-state index < -0.39 is 23.9 Å². The molecule has 9 heteroatoms. The number of benzene rings is 1. The van der Waals surface area contributed by atoms with E-state index in [2.05, 4.69) is 0 Å². The smallest absolute Gasteiger partial charge is 0.326 e. The Morgan fingerprint density at radius 2 is 2.12 bits per heavy atom. The van der Waals surface area contributed by atoms with Crippen LogP contribution in [-0.4, -0.2) is 49.9 Å². The molecule has 138 valence electrons. The number of thiocarbonyl (C=S) groups is 1. The number of thioether (sulfide) groups is 1. The zero-order valence-corrected chi connectivity index (χ0v) is 15.5. The Balaban J connectivity index is 2.17. The first-order valence-corrected chi connectivity index (χ1v) is 9.00. The van der Waals surface area contributed by atoms with Gasteiger partial charge in [0.2, 0.25) is 0 Å². The zero-order valence-electron chi connectivity index (χ0n) is 13.9. The molecule has 0 aromatic heterocycles. The van der Waals surface area contributed by atoms with Gasteiger partial charge in [0.05, 0.1) is 17.9 Å². The predicted molar refractivity (Wildman–Crippen MR) is 101 cm³/mol. The molecule has 26 heavy (non-hydrogen) atoms. The summed E-state index contributed by atoms with van der Waals surface area (Å²) in [6, 6.07) is 5.84. The van der Waals surface area contributed by atoms with E-state index in [1.807, 2.05) is 0 Å². The van der Waals surface area contributed by atoms with E-state index in [4.69, 9.17) is 22.1 Å². The lowest BCUT2D eigenvalue weighted by Gasteiger charge is -2.21. The van der Waals surface area contributed by atoms with Crippen LogP contribution >= 0.6 is 24.0 Å². The van der Waals surface area contributed by atoms with Crippen molar-refractivity contribution in [2.75, 3.05) is 6.61 Å². The van der Waals surface area contributed by atoms with Crippen molar-refractivity contribution < 1.29 is 29.3 Å². The average Bonchev–Trinajstić information content (AvgIpc) is 2.83.